The smallest absolute Gasteiger partial charge is 0.126 e. The fraction of sp³-hybridized carbons (Fsp3) is 0.174. The lowest BCUT2D eigenvalue weighted by atomic mass is 10.0. The molecule has 0 spiro atoms. The van der Waals surface area contributed by atoms with Gasteiger partial charge in [-0.1, -0.05) is 48.3 Å². The molecule has 3 aromatic carbocycles. The molecule has 7 heteroatoms. The van der Waals surface area contributed by atoms with Crippen LogP contribution in [-0.4, -0.2) is 9.97 Å². The molecule has 1 heterocycles. The quantitative estimate of drug-likeness (QED) is 0.280. The number of aromatic amines is 1. The minimum Gasteiger partial charge on any atom is -0.341 e. The van der Waals surface area contributed by atoms with E-state index < -0.39 is 0 Å². The Hall–Kier alpha value is -2.60. The first-order valence-corrected chi connectivity index (χ1v) is 10.5. The number of halogens is 3. The molecule has 0 aliphatic carbocycles. The lowest BCUT2D eigenvalue weighted by Gasteiger charge is -2.17. The Morgan fingerprint density at radius 3 is 2.50 bits per heavy atom. The number of fused-ring (bicyclic) bond motifs is 1. The number of imidazole rings is 1. The Morgan fingerprint density at radius 2 is 1.77 bits per heavy atom. The molecular formula is C23H21Cl2FN4. The molecule has 0 aliphatic heterocycles. The van der Waals surface area contributed by atoms with Gasteiger partial charge in [0.05, 0.1) is 27.8 Å². The molecule has 30 heavy (non-hydrogen) atoms. The Labute approximate surface area is 184 Å². The van der Waals surface area contributed by atoms with Gasteiger partial charge < -0.3 is 10.4 Å². The van der Waals surface area contributed by atoms with Crippen LogP contribution in [0.3, 0.4) is 0 Å². The van der Waals surface area contributed by atoms with Gasteiger partial charge in [0.25, 0.3) is 0 Å². The summed E-state index contributed by atoms with van der Waals surface area (Å²) in [6.07, 6.45) is 1.55. The molecule has 3 N–H and O–H groups in total. The average molecular weight is 443 g/mol. The maximum atomic E-state index is 13.1. The molecule has 1 unspecified atom stereocenters. The number of benzene rings is 3. The highest BCUT2D eigenvalue weighted by Gasteiger charge is 2.14. The first kappa shape index (κ1) is 20.7. The summed E-state index contributed by atoms with van der Waals surface area (Å²) in [6, 6.07) is 18.0. The fourth-order valence-electron chi connectivity index (χ4n) is 3.31. The van der Waals surface area contributed by atoms with Gasteiger partial charge in [-0.25, -0.2) is 14.8 Å². The van der Waals surface area contributed by atoms with Crippen molar-refractivity contribution in [2.75, 3.05) is 5.43 Å². The number of H-pyrrole nitrogens is 1. The van der Waals surface area contributed by atoms with E-state index >= 15 is 0 Å². The summed E-state index contributed by atoms with van der Waals surface area (Å²) in [5.41, 5.74) is 11.2. The van der Waals surface area contributed by atoms with Crippen molar-refractivity contribution in [3.63, 3.8) is 0 Å². The Bertz CT molecular complexity index is 1160. The molecule has 4 nitrogen and oxygen atoms in total. The first-order chi connectivity index (χ1) is 14.5. The van der Waals surface area contributed by atoms with Crippen LogP contribution in [0.1, 0.15) is 36.3 Å². The van der Waals surface area contributed by atoms with Crippen molar-refractivity contribution in [3.8, 4) is 0 Å². The molecule has 0 aliphatic rings. The SMILES string of the molecule is CCC(NNc1ccc(Cl)cc1Cl)c1nc2ccc(Cc3ccc(F)cc3)cc2[nH]1. The van der Waals surface area contributed by atoms with Crippen molar-refractivity contribution >= 4 is 39.9 Å². The number of nitrogens with zero attached hydrogens (tertiary/aromatic N) is 1. The Morgan fingerprint density at radius 1 is 1.00 bits per heavy atom. The summed E-state index contributed by atoms with van der Waals surface area (Å²) in [5, 5.41) is 1.13. The van der Waals surface area contributed by atoms with Crippen LogP contribution < -0.4 is 10.9 Å². The number of aromatic nitrogens is 2. The number of rotatable bonds is 7. The van der Waals surface area contributed by atoms with Gasteiger partial charge in [0, 0.05) is 5.02 Å². The minimum absolute atomic E-state index is 0.0373. The van der Waals surface area contributed by atoms with Crippen molar-refractivity contribution in [1.29, 1.82) is 0 Å². The van der Waals surface area contributed by atoms with Crippen molar-refractivity contribution in [3.05, 3.63) is 93.5 Å². The van der Waals surface area contributed by atoms with Gasteiger partial charge in [0.1, 0.15) is 11.6 Å². The van der Waals surface area contributed by atoms with E-state index in [-0.39, 0.29) is 11.9 Å². The normalized spacial score (nSPS) is 12.3. The monoisotopic (exact) mass is 442 g/mol. The molecule has 0 bridgehead atoms. The maximum absolute atomic E-state index is 13.1. The van der Waals surface area contributed by atoms with E-state index in [1.165, 1.54) is 12.1 Å². The zero-order valence-electron chi connectivity index (χ0n) is 16.3. The number of nitrogens with one attached hydrogen (secondary N) is 3. The first-order valence-electron chi connectivity index (χ1n) is 9.71. The van der Waals surface area contributed by atoms with E-state index in [4.69, 9.17) is 28.2 Å². The summed E-state index contributed by atoms with van der Waals surface area (Å²) in [5.74, 6) is 0.614. The second-order valence-electron chi connectivity index (χ2n) is 7.13. The lowest BCUT2D eigenvalue weighted by molar-refractivity contribution is 0.546. The molecule has 0 saturated carbocycles. The summed E-state index contributed by atoms with van der Waals surface area (Å²) >= 11 is 12.2. The van der Waals surface area contributed by atoms with Crippen molar-refractivity contribution in [2.45, 2.75) is 25.8 Å². The predicted molar refractivity (Wildman–Crippen MR) is 122 cm³/mol. The van der Waals surface area contributed by atoms with E-state index in [9.17, 15) is 4.39 Å². The number of hydrogen-bond acceptors (Lipinski definition) is 3. The van der Waals surface area contributed by atoms with Gasteiger partial charge in [0.15, 0.2) is 0 Å². The number of hydrogen-bond donors (Lipinski definition) is 3. The number of anilines is 1. The molecular weight excluding hydrogens is 422 g/mol. The Balaban J connectivity index is 1.50. The van der Waals surface area contributed by atoms with Crippen LogP contribution in [0, 0.1) is 5.82 Å². The number of hydrazine groups is 1. The van der Waals surface area contributed by atoms with Gasteiger partial charge in [-0.05, 0) is 66.4 Å². The zero-order chi connectivity index (χ0) is 21.1. The van der Waals surface area contributed by atoms with Gasteiger partial charge in [0.2, 0.25) is 0 Å². The predicted octanol–water partition coefficient (Wildman–Crippen LogP) is 6.67. The van der Waals surface area contributed by atoms with Crippen molar-refractivity contribution in [2.24, 2.45) is 0 Å². The van der Waals surface area contributed by atoms with Crippen LogP contribution in [0.25, 0.3) is 11.0 Å². The molecule has 4 aromatic rings. The zero-order valence-corrected chi connectivity index (χ0v) is 17.9. The molecule has 1 atom stereocenters. The minimum atomic E-state index is -0.223. The highest BCUT2D eigenvalue weighted by Crippen LogP contribution is 2.26. The summed E-state index contributed by atoms with van der Waals surface area (Å²) in [6.45, 7) is 2.08. The van der Waals surface area contributed by atoms with E-state index in [0.717, 1.165) is 46.5 Å². The average Bonchev–Trinajstić information content (AvgIpc) is 3.15. The van der Waals surface area contributed by atoms with Crippen LogP contribution in [-0.2, 0) is 6.42 Å². The second kappa shape index (κ2) is 9.04. The van der Waals surface area contributed by atoms with Crippen LogP contribution >= 0.6 is 23.2 Å². The van der Waals surface area contributed by atoms with Gasteiger partial charge in [-0.3, -0.25) is 0 Å². The van der Waals surface area contributed by atoms with Crippen LogP contribution in [0.4, 0.5) is 10.1 Å². The van der Waals surface area contributed by atoms with E-state index in [1.807, 2.05) is 24.3 Å². The standard InChI is InChI=1S/C23H21Cl2FN4/c1-2-19(29-30-20-10-6-16(24)13-18(20)25)23-27-21-9-5-15(12-22(21)28-23)11-14-3-7-17(26)8-4-14/h3-10,12-13,19,29-30H,2,11H2,1H3,(H,27,28). The van der Waals surface area contributed by atoms with Gasteiger partial charge >= 0.3 is 0 Å². The van der Waals surface area contributed by atoms with E-state index in [1.54, 1.807) is 12.1 Å². The van der Waals surface area contributed by atoms with E-state index in [0.29, 0.717) is 10.0 Å². The van der Waals surface area contributed by atoms with Gasteiger partial charge in [-0.15, -0.1) is 0 Å². The summed E-state index contributed by atoms with van der Waals surface area (Å²) in [7, 11) is 0. The largest absolute Gasteiger partial charge is 0.341 e. The summed E-state index contributed by atoms with van der Waals surface area (Å²) in [4.78, 5) is 8.14. The fourth-order valence-corrected chi connectivity index (χ4v) is 3.76. The molecule has 0 saturated heterocycles. The third kappa shape index (κ3) is 4.75. The molecule has 154 valence electrons. The van der Waals surface area contributed by atoms with Crippen molar-refractivity contribution < 1.29 is 4.39 Å². The van der Waals surface area contributed by atoms with E-state index in [2.05, 4.69) is 34.9 Å². The third-order valence-corrected chi connectivity index (χ3v) is 5.48. The van der Waals surface area contributed by atoms with Gasteiger partial charge in [-0.2, -0.15) is 0 Å². The van der Waals surface area contributed by atoms with Crippen molar-refractivity contribution in [1.82, 2.24) is 15.4 Å². The summed E-state index contributed by atoms with van der Waals surface area (Å²) < 4.78 is 13.1. The second-order valence-corrected chi connectivity index (χ2v) is 7.97. The molecule has 0 radical (unpaired) electrons. The maximum Gasteiger partial charge on any atom is 0.126 e. The van der Waals surface area contributed by atoms with Crippen LogP contribution in [0.15, 0.2) is 60.7 Å². The van der Waals surface area contributed by atoms with Crippen LogP contribution in [0.5, 0.6) is 0 Å². The lowest BCUT2D eigenvalue weighted by Crippen LogP contribution is -2.27. The molecule has 0 fully saturated rings. The molecule has 1 aromatic heterocycles. The third-order valence-electron chi connectivity index (χ3n) is 4.94. The Kier molecular flexibility index (Phi) is 6.23. The molecule has 0 amide bonds. The highest BCUT2D eigenvalue weighted by atomic mass is 35.5. The van der Waals surface area contributed by atoms with Crippen LogP contribution in [0.2, 0.25) is 10.0 Å². The molecule has 4 rings (SSSR count). The topological polar surface area (TPSA) is 52.7 Å². The highest BCUT2D eigenvalue weighted by molar-refractivity contribution is 6.36.